The molecule has 10 heteroatoms. The molecule has 1 aliphatic carbocycles. The Morgan fingerprint density at radius 1 is 0.660 bits per heavy atom. The van der Waals surface area contributed by atoms with Crippen molar-refractivity contribution < 1.29 is 38.6 Å². The van der Waals surface area contributed by atoms with E-state index in [1.807, 2.05) is 69.3 Å². The largest absolute Gasteiger partial charge is 0.481 e. The summed E-state index contributed by atoms with van der Waals surface area (Å²) in [5.41, 5.74) is 4.98. The van der Waals surface area contributed by atoms with Gasteiger partial charge in [0, 0.05) is 35.3 Å². The predicted molar refractivity (Wildman–Crippen MR) is 189 cm³/mol. The summed E-state index contributed by atoms with van der Waals surface area (Å²) in [5.74, 6) is -2.35. The molecule has 3 N–H and O–H groups in total. The molecule has 4 aromatic carbocycles. The fourth-order valence-corrected chi connectivity index (χ4v) is 5.42. The maximum Gasteiger partial charge on any atom is 0.311 e. The fraction of sp³-hybridized carbons (Fsp3) is 0.275. The highest BCUT2D eigenvalue weighted by atomic mass is 16.5. The molecule has 0 fully saturated rings. The van der Waals surface area contributed by atoms with Crippen LogP contribution in [-0.4, -0.2) is 47.8 Å². The van der Waals surface area contributed by atoms with Gasteiger partial charge in [-0.3, -0.25) is 24.0 Å². The summed E-state index contributed by atoms with van der Waals surface area (Å²) in [6, 6.07) is 25.3. The van der Waals surface area contributed by atoms with Crippen LogP contribution in [0, 0.1) is 5.41 Å². The summed E-state index contributed by atoms with van der Waals surface area (Å²) in [5, 5.41) is 15.3. The number of carbonyl (C=O) groups excluding carboxylic acids is 4. The average molecular weight is 677 g/mol. The topological polar surface area (TPSA) is 148 Å². The van der Waals surface area contributed by atoms with Gasteiger partial charge in [0.1, 0.15) is 0 Å². The van der Waals surface area contributed by atoms with E-state index >= 15 is 0 Å². The molecular weight excluding hydrogens is 636 g/mol. The van der Waals surface area contributed by atoms with E-state index in [-0.39, 0.29) is 54.7 Å². The molecule has 10 nitrogen and oxygen atoms in total. The summed E-state index contributed by atoms with van der Waals surface area (Å²) in [4.78, 5) is 62.5. The van der Waals surface area contributed by atoms with E-state index in [1.54, 1.807) is 36.4 Å². The molecular formula is C40H40N2O8. The smallest absolute Gasteiger partial charge is 0.311 e. The minimum Gasteiger partial charge on any atom is -0.481 e. The van der Waals surface area contributed by atoms with Gasteiger partial charge in [-0.1, -0.05) is 55.5 Å². The Labute approximate surface area is 290 Å². The highest BCUT2D eigenvalue weighted by Gasteiger charge is 2.34. The molecule has 0 aliphatic heterocycles. The number of nitrogens with one attached hydrogen (secondary N) is 2. The van der Waals surface area contributed by atoms with Crippen LogP contribution in [0.4, 0.5) is 22.7 Å². The molecule has 1 aliphatic rings. The zero-order valence-corrected chi connectivity index (χ0v) is 28.3. The Morgan fingerprint density at radius 3 is 1.56 bits per heavy atom. The van der Waals surface area contributed by atoms with Gasteiger partial charge in [0.15, 0.2) is 11.6 Å². The van der Waals surface area contributed by atoms with E-state index in [2.05, 4.69) is 10.6 Å². The lowest BCUT2D eigenvalue weighted by molar-refractivity contribution is -0.154. The maximum atomic E-state index is 13.9. The molecule has 5 rings (SSSR count). The van der Waals surface area contributed by atoms with Crippen molar-refractivity contribution in [3.8, 4) is 0 Å². The van der Waals surface area contributed by atoms with Crippen molar-refractivity contribution in [3.05, 3.63) is 118 Å². The van der Waals surface area contributed by atoms with Crippen LogP contribution in [0.2, 0.25) is 0 Å². The second-order valence-corrected chi connectivity index (χ2v) is 12.7. The van der Waals surface area contributed by atoms with Crippen LogP contribution in [0.25, 0.3) is 0 Å². The van der Waals surface area contributed by atoms with Crippen LogP contribution >= 0.6 is 0 Å². The molecule has 0 unspecified atom stereocenters. The SMILES string of the molecule is CCC(C)(C)C(=O)OCCc1ccc(Nc2ccc(Nc3ccc(CCOC(=O)CCC(=O)O)cc3)c3c2C(=O)c2ccccc2C3=O)cc1. The molecule has 0 saturated heterocycles. The molecule has 50 heavy (non-hydrogen) atoms. The first-order chi connectivity index (χ1) is 24.0. The Bertz CT molecular complexity index is 1910. The number of carboxylic acid groups (broad SMARTS) is 1. The molecule has 0 saturated carbocycles. The number of carbonyl (C=O) groups is 5. The van der Waals surface area contributed by atoms with E-state index < -0.39 is 17.4 Å². The van der Waals surface area contributed by atoms with Gasteiger partial charge in [0.2, 0.25) is 0 Å². The molecule has 0 radical (unpaired) electrons. The van der Waals surface area contributed by atoms with Gasteiger partial charge in [0.05, 0.1) is 54.0 Å². The van der Waals surface area contributed by atoms with E-state index in [1.165, 1.54) is 0 Å². The van der Waals surface area contributed by atoms with Crippen LogP contribution in [0.3, 0.4) is 0 Å². The Kier molecular flexibility index (Phi) is 11.1. The number of carboxylic acids is 1. The first kappa shape index (κ1) is 35.5. The van der Waals surface area contributed by atoms with Crippen LogP contribution in [0.15, 0.2) is 84.9 Å². The number of rotatable bonds is 15. The Hall–Kier alpha value is -5.77. The number of benzene rings is 4. The number of ether oxygens (including phenoxy) is 2. The Balaban J connectivity index is 1.31. The van der Waals surface area contributed by atoms with Crippen molar-refractivity contribution in [2.24, 2.45) is 5.41 Å². The van der Waals surface area contributed by atoms with Crippen molar-refractivity contribution in [1.29, 1.82) is 0 Å². The summed E-state index contributed by atoms with van der Waals surface area (Å²) in [6.07, 6.45) is 1.26. The van der Waals surface area contributed by atoms with Gasteiger partial charge in [-0.2, -0.15) is 0 Å². The minimum atomic E-state index is -1.05. The molecule has 0 spiro atoms. The van der Waals surface area contributed by atoms with Crippen LogP contribution in [0.5, 0.6) is 0 Å². The first-order valence-corrected chi connectivity index (χ1v) is 16.6. The third kappa shape index (κ3) is 8.44. The van der Waals surface area contributed by atoms with Crippen molar-refractivity contribution >= 4 is 52.2 Å². The minimum absolute atomic E-state index is 0.124. The number of aliphatic carboxylic acids is 1. The number of esters is 2. The normalized spacial score (nSPS) is 12.1. The quantitative estimate of drug-likeness (QED) is 0.0957. The second kappa shape index (κ2) is 15.6. The highest BCUT2D eigenvalue weighted by molar-refractivity contribution is 6.32. The highest BCUT2D eigenvalue weighted by Crippen LogP contribution is 2.38. The number of ketones is 2. The molecule has 0 bridgehead atoms. The fourth-order valence-electron chi connectivity index (χ4n) is 5.42. The van der Waals surface area contributed by atoms with E-state index in [0.717, 1.165) is 16.8 Å². The van der Waals surface area contributed by atoms with Crippen LogP contribution in [0.1, 0.15) is 83.0 Å². The third-order valence-electron chi connectivity index (χ3n) is 8.80. The Morgan fingerprint density at radius 2 is 1.12 bits per heavy atom. The molecule has 0 aromatic heterocycles. The number of fused-ring (bicyclic) bond motifs is 2. The molecule has 0 amide bonds. The van der Waals surface area contributed by atoms with Crippen LogP contribution in [-0.2, 0) is 36.7 Å². The van der Waals surface area contributed by atoms with Gasteiger partial charge in [-0.05, 0) is 67.8 Å². The van der Waals surface area contributed by atoms with E-state index in [9.17, 15) is 24.0 Å². The molecule has 258 valence electrons. The monoisotopic (exact) mass is 676 g/mol. The number of hydrogen-bond donors (Lipinski definition) is 3. The summed E-state index contributed by atoms with van der Waals surface area (Å²) >= 11 is 0. The van der Waals surface area contributed by atoms with Crippen LogP contribution < -0.4 is 10.6 Å². The second-order valence-electron chi connectivity index (χ2n) is 12.7. The van der Waals surface area contributed by atoms with Gasteiger partial charge in [-0.15, -0.1) is 0 Å². The van der Waals surface area contributed by atoms with Gasteiger partial charge >= 0.3 is 17.9 Å². The molecule has 4 aromatic rings. The predicted octanol–water partition coefficient (Wildman–Crippen LogP) is 7.42. The average Bonchev–Trinajstić information content (AvgIpc) is 3.11. The van der Waals surface area contributed by atoms with Crippen molar-refractivity contribution in [2.75, 3.05) is 23.8 Å². The molecule has 0 heterocycles. The summed E-state index contributed by atoms with van der Waals surface area (Å²) in [7, 11) is 0. The lowest BCUT2D eigenvalue weighted by atomic mass is 9.82. The zero-order chi connectivity index (χ0) is 35.8. The van der Waals surface area contributed by atoms with Gasteiger partial charge < -0.3 is 25.2 Å². The van der Waals surface area contributed by atoms with Gasteiger partial charge in [-0.25, -0.2) is 0 Å². The lowest BCUT2D eigenvalue weighted by Crippen LogP contribution is -2.26. The van der Waals surface area contributed by atoms with Crippen molar-refractivity contribution in [1.82, 2.24) is 0 Å². The van der Waals surface area contributed by atoms with Crippen molar-refractivity contribution in [2.45, 2.75) is 52.9 Å². The number of anilines is 4. The van der Waals surface area contributed by atoms with E-state index in [0.29, 0.717) is 47.5 Å². The third-order valence-corrected chi connectivity index (χ3v) is 8.80. The van der Waals surface area contributed by atoms with E-state index in [4.69, 9.17) is 14.6 Å². The summed E-state index contributed by atoms with van der Waals surface area (Å²) < 4.78 is 10.6. The first-order valence-electron chi connectivity index (χ1n) is 16.6. The van der Waals surface area contributed by atoms with Gasteiger partial charge in [0.25, 0.3) is 0 Å². The maximum absolute atomic E-state index is 13.9. The van der Waals surface area contributed by atoms with Crippen molar-refractivity contribution in [3.63, 3.8) is 0 Å². The number of hydrogen-bond acceptors (Lipinski definition) is 9. The molecule has 0 atom stereocenters. The lowest BCUT2D eigenvalue weighted by Gasteiger charge is -2.24. The standard InChI is InChI=1S/C40H40N2O8/c1-4-40(2,3)39(48)50-24-22-26-11-15-28(16-12-26)42-32-18-17-31(35-36(32)38(47)30-8-6-5-7-29(30)37(35)46)41-27-13-9-25(10-14-27)21-23-49-34(45)20-19-33(43)44/h5-18,41-42H,4,19-24H2,1-3H3,(H,43,44). The zero-order valence-electron chi connectivity index (χ0n) is 28.3. The summed E-state index contributed by atoms with van der Waals surface area (Å²) in [6.45, 7) is 6.10.